The van der Waals surface area contributed by atoms with E-state index in [9.17, 15) is 9.90 Å². The number of carboxylic acids is 1. The average Bonchev–Trinajstić information content (AvgIpc) is 2.86. The molecule has 3 unspecified atom stereocenters. The Morgan fingerprint density at radius 1 is 1.47 bits per heavy atom. The van der Waals surface area contributed by atoms with Crippen LogP contribution >= 0.6 is 11.6 Å². The number of carbonyl (C=O) groups is 1. The fraction of sp³-hybridized carbons (Fsp3) is 0.533. The predicted octanol–water partition coefficient (Wildman–Crippen LogP) is 3.59. The zero-order valence-electron chi connectivity index (χ0n) is 11.3. The molecule has 4 heteroatoms. The van der Waals surface area contributed by atoms with E-state index in [-0.39, 0.29) is 18.0 Å². The molecular weight excluding hydrogens is 262 g/mol. The highest BCUT2D eigenvalue weighted by Crippen LogP contribution is 2.34. The van der Waals surface area contributed by atoms with E-state index in [4.69, 9.17) is 11.6 Å². The summed E-state index contributed by atoms with van der Waals surface area (Å²) >= 11 is 6.02. The second kappa shape index (κ2) is 5.93. The van der Waals surface area contributed by atoms with E-state index in [1.54, 1.807) is 0 Å². The maximum atomic E-state index is 11.3. The summed E-state index contributed by atoms with van der Waals surface area (Å²) in [5.74, 6) is -0.917. The van der Waals surface area contributed by atoms with Crippen LogP contribution in [0.25, 0.3) is 0 Å². The van der Waals surface area contributed by atoms with Crippen LogP contribution in [0.4, 0.5) is 0 Å². The van der Waals surface area contributed by atoms with Crippen molar-refractivity contribution in [2.24, 2.45) is 5.92 Å². The largest absolute Gasteiger partial charge is 0.481 e. The number of nitrogens with zero attached hydrogens (tertiary/aromatic N) is 1. The molecule has 0 bridgehead atoms. The summed E-state index contributed by atoms with van der Waals surface area (Å²) in [6, 6.07) is 8.07. The highest BCUT2D eigenvalue weighted by atomic mass is 35.5. The van der Waals surface area contributed by atoms with Crippen molar-refractivity contribution < 1.29 is 9.90 Å². The number of rotatable bonds is 4. The van der Waals surface area contributed by atoms with Crippen LogP contribution < -0.4 is 0 Å². The first-order chi connectivity index (χ1) is 9.00. The van der Waals surface area contributed by atoms with Gasteiger partial charge in [-0.1, -0.05) is 30.2 Å². The first-order valence-electron chi connectivity index (χ1n) is 6.71. The summed E-state index contributed by atoms with van der Waals surface area (Å²) in [5, 5.41) is 10.0. The summed E-state index contributed by atoms with van der Waals surface area (Å²) in [5.41, 5.74) is 1.13. The van der Waals surface area contributed by atoms with Crippen LogP contribution in [0.3, 0.4) is 0 Å². The zero-order valence-corrected chi connectivity index (χ0v) is 12.1. The van der Waals surface area contributed by atoms with Crippen molar-refractivity contribution in [2.75, 3.05) is 7.05 Å². The van der Waals surface area contributed by atoms with E-state index in [1.165, 1.54) is 0 Å². The van der Waals surface area contributed by atoms with E-state index in [2.05, 4.69) is 11.8 Å². The summed E-state index contributed by atoms with van der Waals surface area (Å²) in [6.45, 7) is 2.10. The highest BCUT2D eigenvalue weighted by molar-refractivity contribution is 6.30. The molecule has 1 N–H and O–H groups in total. The van der Waals surface area contributed by atoms with Gasteiger partial charge in [0, 0.05) is 17.1 Å². The van der Waals surface area contributed by atoms with Gasteiger partial charge in [-0.3, -0.25) is 9.69 Å². The van der Waals surface area contributed by atoms with Crippen LogP contribution in [0.2, 0.25) is 5.02 Å². The van der Waals surface area contributed by atoms with Crippen LogP contribution in [0, 0.1) is 5.92 Å². The Morgan fingerprint density at radius 3 is 2.84 bits per heavy atom. The summed E-state index contributed by atoms with van der Waals surface area (Å²) in [4.78, 5) is 13.5. The van der Waals surface area contributed by atoms with Crippen LogP contribution in [-0.4, -0.2) is 29.1 Å². The Morgan fingerprint density at radius 2 is 2.21 bits per heavy atom. The lowest BCUT2D eigenvalue weighted by molar-refractivity contribution is -0.143. The monoisotopic (exact) mass is 281 g/mol. The Balaban J connectivity index is 2.14. The van der Waals surface area contributed by atoms with Crippen molar-refractivity contribution in [3.8, 4) is 0 Å². The molecule has 0 saturated heterocycles. The Bertz CT molecular complexity index is 463. The first-order valence-corrected chi connectivity index (χ1v) is 7.08. The molecule has 104 valence electrons. The van der Waals surface area contributed by atoms with Crippen molar-refractivity contribution in [2.45, 2.75) is 38.3 Å². The van der Waals surface area contributed by atoms with Gasteiger partial charge in [-0.05, 0) is 44.5 Å². The lowest BCUT2D eigenvalue weighted by Gasteiger charge is -2.33. The molecule has 3 atom stereocenters. The summed E-state index contributed by atoms with van der Waals surface area (Å²) in [7, 11) is 2.01. The Hall–Kier alpha value is -1.06. The molecule has 0 amide bonds. The van der Waals surface area contributed by atoms with Crippen molar-refractivity contribution >= 4 is 17.6 Å². The van der Waals surface area contributed by atoms with Gasteiger partial charge in [0.1, 0.15) is 0 Å². The Labute approximate surface area is 119 Å². The van der Waals surface area contributed by atoms with Crippen molar-refractivity contribution in [3.63, 3.8) is 0 Å². The van der Waals surface area contributed by atoms with Gasteiger partial charge in [0.05, 0.1) is 5.92 Å². The number of hydrogen-bond acceptors (Lipinski definition) is 2. The first kappa shape index (κ1) is 14.4. The van der Waals surface area contributed by atoms with Crippen molar-refractivity contribution in [3.05, 3.63) is 34.9 Å². The third-order valence-electron chi connectivity index (χ3n) is 4.26. The molecule has 1 aromatic carbocycles. The number of hydrogen-bond donors (Lipinski definition) is 1. The number of halogens is 1. The zero-order chi connectivity index (χ0) is 14.0. The maximum Gasteiger partial charge on any atom is 0.308 e. The standard InChI is InChI=1S/C15H20ClNO2/c1-10(11-5-3-6-12(16)9-11)17(2)14-8-4-7-13(14)15(18)19/h3,5-6,9-10,13-14H,4,7-8H2,1-2H3,(H,18,19). The molecule has 0 aromatic heterocycles. The van der Waals surface area contributed by atoms with E-state index < -0.39 is 5.97 Å². The SMILES string of the molecule is CC(c1cccc(Cl)c1)N(C)C1CCCC1C(=O)O. The molecule has 1 aliphatic rings. The second-order valence-electron chi connectivity index (χ2n) is 5.34. The molecule has 0 spiro atoms. The fourth-order valence-corrected chi connectivity index (χ4v) is 3.20. The maximum absolute atomic E-state index is 11.3. The molecule has 0 heterocycles. The van der Waals surface area contributed by atoms with Crippen LogP contribution in [-0.2, 0) is 4.79 Å². The van der Waals surface area contributed by atoms with Gasteiger partial charge < -0.3 is 5.11 Å². The minimum absolute atomic E-state index is 0.117. The molecule has 2 rings (SSSR count). The van der Waals surface area contributed by atoms with Crippen molar-refractivity contribution in [1.29, 1.82) is 0 Å². The van der Waals surface area contributed by atoms with Crippen molar-refractivity contribution in [1.82, 2.24) is 4.90 Å². The normalized spacial score (nSPS) is 24.6. The van der Waals surface area contributed by atoms with E-state index in [1.807, 2.05) is 31.3 Å². The van der Waals surface area contributed by atoms with Gasteiger partial charge in [-0.2, -0.15) is 0 Å². The Kier molecular flexibility index (Phi) is 4.48. The van der Waals surface area contributed by atoms with E-state index in [0.29, 0.717) is 0 Å². The quantitative estimate of drug-likeness (QED) is 0.917. The molecule has 0 aliphatic heterocycles. The number of aliphatic carboxylic acids is 1. The third kappa shape index (κ3) is 3.10. The lowest BCUT2D eigenvalue weighted by atomic mass is 9.99. The van der Waals surface area contributed by atoms with E-state index in [0.717, 1.165) is 29.8 Å². The number of carboxylic acid groups (broad SMARTS) is 1. The molecule has 0 radical (unpaired) electrons. The summed E-state index contributed by atoms with van der Waals surface area (Å²) in [6.07, 6.45) is 2.74. The smallest absolute Gasteiger partial charge is 0.308 e. The van der Waals surface area contributed by atoms with Gasteiger partial charge in [-0.25, -0.2) is 0 Å². The predicted molar refractivity (Wildman–Crippen MR) is 76.4 cm³/mol. The molecule has 1 aromatic rings. The van der Waals surface area contributed by atoms with Crippen LogP contribution in [0.15, 0.2) is 24.3 Å². The molecular formula is C15H20ClNO2. The summed E-state index contributed by atoms with van der Waals surface area (Å²) < 4.78 is 0. The van der Waals surface area contributed by atoms with Gasteiger partial charge in [0.2, 0.25) is 0 Å². The average molecular weight is 282 g/mol. The fourth-order valence-electron chi connectivity index (χ4n) is 3.00. The molecule has 1 aliphatic carbocycles. The second-order valence-corrected chi connectivity index (χ2v) is 5.78. The lowest BCUT2D eigenvalue weighted by Crippen LogP contribution is -2.39. The molecule has 3 nitrogen and oxygen atoms in total. The van der Waals surface area contributed by atoms with Gasteiger partial charge >= 0.3 is 5.97 Å². The minimum Gasteiger partial charge on any atom is -0.481 e. The molecule has 1 fully saturated rings. The van der Waals surface area contributed by atoms with Gasteiger partial charge in [-0.15, -0.1) is 0 Å². The minimum atomic E-state index is -0.673. The highest BCUT2D eigenvalue weighted by Gasteiger charge is 2.37. The molecule has 1 saturated carbocycles. The van der Waals surface area contributed by atoms with Gasteiger partial charge in [0.15, 0.2) is 0 Å². The van der Waals surface area contributed by atoms with Crippen LogP contribution in [0.1, 0.15) is 37.8 Å². The molecule has 19 heavy (non-hydrogen) atoms. The number of benzene rings is 1. The van der Waals surface area contributed by atoms with E-state index >= 15 is 0 Å². The van der Waals surface area contributed by atoms with Gasteiger partial charge in [0.25, 0.3) is 0 Å². The third-order valence-corrected chi connectivity index (χ3v) is 4.50. The topological polar surface area (TPSA) is 40.5 Å². The van der Waals surface area contributed by atoms with Crippen LogP contribution in [0.5, 0.6) is 0 Å².